The molecule has 1 N–H and O–H groups in total. The molecule has 15 heavy (non-hydrogen) atoms. The third kappa shape index (κ3) is 4.38. The van der Waals surface area contributed by atoms with Crippen molar-refractivity contribution in [3.63, 3.8) is 0 Å². The van der Waals surface area contributed by atoms with Crippen LogP contribution in [0.1, 0.15) is 59.3 Å². The zero-order valence-electron chi connectivity index (χ0n) is 10.1. The number of aliphatic carboxylic acids is 1. The van der Waals surface area contributed by atoms with E-state index >= 15 is 0 Å². The van der Waals surface area contributed by atoms with Gasteiger partial charge in [0.05, 0.1) is 0 Å². The van der Waals surface area contributed by atoms with E-state index in [0.29, 0.717) is 12.8 Å². The lowest BCUT2D eigenvalue weighted by atomic mass is 9.80. The summed E-state index contributed by atoms with van der Waals surface area (Å²) in [5, 5.41) is 9.21. The molecule has 0 aliphatic rings. The lowest BCUT2D eigenvalue weighted by Gasteiger charge is -2.21. The summed E-state index contributed by atoms with van der Waals surface area (Å²) in [6.45, 7) is 5.76. The van der Waals surface area contributed by atoms with Crippen LogP contribution in [0.25, 0.3) is 0 Å². The molecule has 1 atom stereocenters. The van der Waals surface area contributed by atoms with Crippen LogP contribution in [0.4, 0.5) is 0 Å². The van der Waals surface area contributed by atoms with E-state index in [2.05, 4.69) is 18.8 Å². The Balaban J connectivity index is 4.34. The van der Waals surface area contributed by atoms with Gasteiger partial charge >= 0.3 is 5.97 Å². The van der Waals surface area contributed by atoms with Gasteiger partial charge in [-0.1, -0.05) is 45.5 Å². The molecule has 0 radical (unpaired) electrons. The highest BCUT2D eigenvalue weighted by Crippen LogP contribution is 2.28. The van der Waals surface area contributed by atoms with Crippen LogP contribution in [0.2, 0.25) is 0 Å². The second kappa shape index (κ2) is 7.34. The summed E-state index contributed by atoms with van der Waals surface area (Å²) < 4.78 is 0. The Morgan fingerprint density at radius 2 is 1.93 bits per heavy atom. The van der Waals surface area contributed by atoms with Crippen molar-refractivity contribution in [2.45, 2.75) is 59.3 Å². The largest absolute Gasteiger partial charge is 0.480 e. The van der Waals surface area contributed by atoms with Crippen molar-refractivity contribution >= 4 is 5.97 Å². The number of rotatable bonds is 7. The SMILES string of the molecule is CC#CC(CC)(CCCCCC)C(=O)O. The summed E-state index contributed by atoms with van der Waals surface area (Å²) in [4.78, 5) is 11.2. The third-order valence-electron chi connectivity index (χ3n) is 2.83. The first-order valence-corrected chi connectivity index (χ1v) is 5.80. The van der Waals surface area contributed by atoms with Crippen molar-refractivity contribution in [3.05, 3.63) is 0 Å². The maximum atomic E-state index is 11.2. The highest BCUT2D eigenvalue weighted by molar-refractivity contribution is 5.78. The molecule has 2 heteroatoms. The van der Waals surface area contributed by atoms with E-state index in [0.717, 1.165) is 12.8 Å². The molecule has 0 amide bonds. The van der Waals surface area contributed by atoms with Gasteiger partial charge in [-0.05, 0) is 19.8 Å². The van der Waals surface area contributed by atoms with Gasteiger partial charge in [0.1, 0.15) is 5.41 Å². The molecular formula is C13H22O2. The second-order valence-electron chi connectivity index (χ2n) is 3.93. The predicted molar refractivity (Wildman–Crippen MR) is 62.6 cm³/mol. The van der Waals surface area contributed by atoms with Crippen LogP contribution in [-0.2, 0) is 4.79 Å². The van der Waals surface area contributed by atoms with E-state index in [4.69, 9.17) is 0 Å². The van der Waals surface area contributed by atoms with Gasteiger partial charge in [-0.2, -0.15) is 0 Å². The third-order valence-corrected chi connectivity index (χ3v) is 2.83. The van der Waals surface area contributed by atoms with Crippen LogP contribution in [0.15, 0.2) is 0 Å². The zero-order chi connectivity index (χ0) is 11.7. The molecule has 0 spiro atoms. The lowest BCUT2D eigenvalue weighted by Crippen LogP contribution is -2.28. The Morgan fingerprint density at radius 1 is 1.27 bits per heavy atom. The average Bonchev–Trinajstić information content (AvgIpc) is 2.22. The van der Waals surface area contributed by atoms with Gasteiger partial charge in [0, 0.05) is 0 Å². The number of carbonyl (C=O) groups is 1. The van der Waals surface area contributed by atoms with Crippen molar-refractivity contribution in [2.24, 2.45) is 5.41 Å². The predicted octanol–water partition coefficient (Wildman–Crippen LogP) is 3.46. The van der Waals surface area contributed by atoms with Crippen LogP contribution >= 0.6 is 0 Å². The molecule has 0 aromatic rings. The van der Waals surface area contributed by atoms with Gasteiger partial charge < -0.3 is 5.11 Å². The second-order valence-corrected chi connectivity index (χ2v) is 3.93. The van der Waals surface area contributed by atoms with Crippen LogP contribution in [0, 0.1) is 17.3 Å². The molecular weight excluding hydrogens is 188 g/mol. The Kier molecular flexibility index (Phi) is 6.86. The van der Waals surface area contributed by atoms with Crippen LogP contribution in [0.5, 0.6) is 0 Å². The first-order chi connectivity index (χ1) is 7.13. The van der Waals surface area contributed by atoms with Crippen molar-refractivity contribution in [2.75, 3.05) is 0 Å². The summed E-state index contributed by atoms with van der Waals surface area (Å²) in [5.74, 6) is 4.86. The molecule has 1 unspecified atom stereocenters. The molecule has 0 saturated carbocycles. The maximum Gasteiger partial charge on any atom is 0.321 e. The summed E-state index contributed by atoms with van der Waals surface area (Å²) in [5.41, 5.74) is -0.803. The topological polar surface area (TPSA) is 37.3 Å². The molecule has 2 nitrogen and oxygen atoms in total. The Hall–Kier alpha value is -0.970. The smallest absolute Gasteiger partial charge is 0.321 e. The maximum absolute atomic E-state index is 11.2. The molecule has 0 heterocycles. The first kappa shape index (κ1) is 14.0. The average molecular weight is 210 g/mol. The Labute approximate surface area is 93.1 Å². The number of hydrogen-bond donors (Lipinski definition) is 1. The molecule has 0 bridgehead atoms. The van der Waals surface area contributed by atoms with E-state index in [1.807, 2.05) is 6.92 Å². The van der Waals surface area contributed by atoms with E-state index in [1.54, 1.807) is 6.92 Å². The zero-order valence-corrected chi connectivity index (χ0v) is 10.1. The minimum Gasteiger partial charge on any atom is -0.480 e. The van der Waals surface area contributed by atoms with E-state index in [9.17, 15) is 9.90 Å². The molecule has 0 fully saturated rings. The molecule has 0 aliphatic carbocycles. The number of carboxylic acid groups (broad SMARTS) is 1. The molecule has 0 aromatic carbocycles. The van der Waals surface area contributed by atoms with Crippen LogP contribution in [-0.4, -0.2) is 11.1 Å². The fraction of sp³-hybridized carbons (Fsp3) is 0.769. The minimum absolute atomic E-state index is 0.593. The van der Waals surface area contributed by atoms with E-state index in [-0.39, 0.29) is 0 Å². The van der Waals surface area contributed by atoms with Gasteiger partial charge in [0.15, 0.2) is 0 Å². The highest BCUT2D eigenvalue weighted by Gasteiger charge is 2.33. The van der Waals surface area contributed by atoms with Crippen molar-refractivity contribution < 1.29 is 9.90 Å². The normalized spacial score (nSPS) is 13.8. The Bertz CT molecular complexity index is 247. The van der Waals surface area contributed by atoms with Crippen LogP contribution in [0.3, 0.4) is 0 Å². The van der Waals surface area contributed by atoms with Gasteiger partial charge in [-0.15, -0.1) is 5.92 Å². The molecule has 0 aliphatic heterocycles. The van der Waals surface area contributed by atoms with Crippen molar-refractivity contribution in [1.82, 2.24) is 0 Å². The standard InChI is InChI=1S/C13H22O2/c1-4-7-8-9-11-13(6-3,10-5-2)12(14)15/h4,6-9,11H2,1-3H3,(H,14,15). The minimum atomic E-state index is -0.803. The van der Waals surface area contributed by atoms with Gasteiger partial charge in [0.25, 0.3) is 0 Å². The van der Waals surface area contributed by atoms with E-state index in [1.165, 1.54) is 12.8 Å². The van der Waals surface area contributed by atoms with Gasteiger partial charge in [-0.25, -0.2) is 0 Å². The van der Waals surface area contributed by atoms with Crippen molar-refractivity contribution in [3.8, 4) is 11.8 Å². The fourth-order valence-corrected chi connectivity index (χ4v) is 1.73. The van der Waals surface area contributed by atoms with Gasteiger partial charge in [0.2, 0.25) is 0 Å². The number of carboxylic acids is 1. The molecule has 86 valence electrons. The number of hydrogen-bond acceptors (Lipinski definition) is 1. The lowest BCUT2D eigenvalue weighted by molar-refractivity contribution is -0.146. The summed E-state index contributed by atoms with van der Waals surface area (Å²) in [7, 11) is 0. The summed E-state index contributed by atoms with van der Waals surface area (Å²) >= 11 is 0. The fourth-order valence-electron chi connectivity index (χ4n) is 1.73. The highest BCUT2D eigenvalue weighted by atomic mass is 16.4. The van der Waals surface area contributed by atoms with Crippen molar-refractivity contribution in [1.29, 1.82) is 0 Å². The summed E-state index contributed by atoms with van der Waals surface area (Å²) in [6, 6.07) is 0. The Morgan fingerprint density at radius 3 is 2.33 bits per heavy atom. The molecule has 0 saturated heterocycles. The first-order valence-electron chi connectivity index (χ1n) is 5.80. The quantitative estimate of drug-likeness (QED) is 0.516. The van der Waals surface area contributed by atoms with E-state index < -0.39 is 11.4 Å². The monoisotopic (exact) mass is 210 g/mol. The summed E-state index contributed by atoms with van der Waals surface area (Å²) in [6.07, 6.45) is 5.69. The number of unbranched alkanes of at least 4 members (excludes halogenated alkanes) is 3. The van der Waals surface area contributed by atoms with Crippen LogP contribution < -0.4 is 0 Å². The molecule has 0 aromatic heterocycles. The molecule has 0 rings (SSSR count). The van der Waals surface area contributed by atoms with Gasteiger partial charge in [-0.3, -0.25) is 4.79 Å².